The molecule has 0 aromatic heterocycles. The van der Waals surface area contributed by atoms with Crippen LogP contribution in [-0.4, -0.2) is 36.6 Å². The molecule has 2 atom stereocenters. The van der Waals surface area contributed by atoms with Crippen LogP contribution < -0.4 is 5.32 Å². The van der Waals surface area contributed by atoms with Gasteiger partial charge in [0.25, 0.3) is 0 Å². The molecule has 1 fully saturated rings. The molecule has 2 nitrogen and oxygen atoms in total. The molecular formula is C18H38N2. The fourth-order valence-electron chi connectivity index (χ4n) is 3.72. The maximum absolute atomic E-state index is 3.76. The molecule has 0 radical (unpaired) electrons. The van der Waals surface area contributed by atoms with Gasteiger partial charge in [0, 0.05) is 25.2 Å². The highest BCUT2D eigenvalue weighted by Crippen LogP contribution is 2.38. The number of hydrogen-bond donors (Lipinski definition) is 1. The summed E-state index contributed by atoms with van der Waals surface area (Å²) in [5.74, 6) is 1.50. The van der Waals surface area contributed by atoms with E-state index in [0.717, 1.165) is 18.4 Å². The van der Waals surface area contributed by atoms with E-state index < -0.39 is 0 Å². The van der Waals surface area contributed by atoms with Gasteiger partial charge in [-0.25, -0.2) is 0 Å². The zero-order valence-corrected chi connectivity index (χ0v) is 15.0. The molecule has 0 aromatic carbocycles. The lowest BCUT2D eigenvalue weighted by atomic mass is 9.72. The predicted molar refractivity (Wildman–Crippen MR) is 90.1 cm³/mol. The van der Waals surface area contributed by atoms with E-state index in [1.165, 1.54) is 32.4 Å². The van der Waals surface area contributed by atoms with Crippen molar-refractivity contribution < 1.29 is 0 Å². The topological polar surface area (TPSA) is 15.3 Å². The van der Waals surface area contributed by atoms with Crippen LogP contribution in [-0.2, 0) is 0 Å². The van der Waals surface area contributed by atoms with E-state index in [0.29, 0.717) is 17.5 Å². The Morgan fingerprint density at radius 2 is 1.65 bits per heavy atom. The predicted octanol–water partition coefficient (Wildman–Crippen LogP) is 4.16. The second-order valence-corrected chi connectivity index (χ2v) is 8.38. The summed E-state index contributed by atoms with van der Waals surface area (Å²) >= 11 is 0. The van der Waals surface area contributed by atoms with Crippen LogP contribution in [0.25, 0.3) is 0 Å². The second-order valence-electron chi connectivity index (χ2n) is 8.38. The lowest BCUT2D eigenvalue weighted by Crippen LogP contribution is -2.56. The summed E-state index contributed by atoms with van der Waals surface area (Å²) in [6.45, 7) is 20.1. The minimum atomic E-state index is 0.503. The van der Waals surface area contributed by atoms with E-state index in [1.807, 2.05) is 0 Å². The van der Waals surface area contributed by atoms with Gasteiger partial charge < -0.3 is 5.32 Å². The monoisotopic (exact) mass is 282 g/mol. The number of nitrogens with one attached hydrogen (secondary N) is 1. The zero-order valence-electron chi connectivity index (χ0n) is 15.0. The third kappa shape index (κ3) is 5.73. The van der Waals surface area contributed by atoms with Crippen LogP contribution in [0.3, 0.4) is 0 Å². The van der Waals surface area contributed by atoms with E-state index in [2.05, 4.69) is 58.7 Å². The van der Waals surface area contributed by atoms with Gasteiger partial charge in [-0.15, -0.1) is 0 Å². The van der Waals surface area contributed by atoms with Gasteiger partial charge in [-0.2, -0.15) is 0 Å². The van der Waals surface area contributed by atoms with Crippen molar-refractivity contribution in [2.45, 2.75) is 79.8 Å². The molecule has 2 unspecified atom stereocenters. The third-order valence-electron chi connectivity index (χ3n) is 4.49. The summed E-state index contributed by atoms with van der Waals surface area (Å²) in [7, 11) is 0. The Kier molecular flexibility index (Phi) is 7.00. The normalized spacial score (nSPS) is 26.7. The average Bonchev–Trinajstić information content (AvgIpc) is 2.29. The summed E-state index contributed by atoms with van der Waals surface area (Å²) in [5.41, 5.74) is 0.503. The molecule has 2 heteroatoms. The van der Waals surface area contributed by atoms with Gasteiger partial charge in [-0.1, -0.05) is 48.5 Å². The molecule has 0 aliphatic heterocycles. The van der Waals surface area contributed by atoms with Gasteiger partial charge in [0.05, 0.1) is 0 Å². The van der Waals surface area contributed by atoms with Crippen LogP contribution in [0.15, 0.2) is 0 Å². The number of likely N-dealkylation sites (N-methyl/N-ethyl adjacent to an activating group) is 1. The van der Waals surface area contributed by atoms with Gasteiger partial charge in [-0.05, 0) is 43.1 Å². The summed E-state index contributed by atoms with van der Waals surface area (Å²) < 4.78 is 0. The van der Waals surface area contributed by atoms with Crippen LogP contribution in [0.2, 0.25) is 0 Å². The molecule has 0 saturated heterocycles. The van der Waals surface area contributed by atoms with Crippen molar-refractivity contribution in [3.05, 3.63) is 0 Å². The van der Waals surface area contributed by atoms with Crippen molar-refractivity contribution in [3.63, 3.8) is 0 Å². The Hall–Kier alpha value is -0.0800. The Labute approximate surface area is 127 Å². The van der Waals surface area contributed by atoms with E-state index in [9.17, 15) is 0 Å². The van der Waals surface area contributed by atoms with Crippen LogP contribution in [0.4, 0.5) is 0 Å². The SMILES string of the molecule is CCNC1CCC(C)(C)CC1N(CC(C)C)CC(C)C. The molecule has 0 spiro atoms. The van der Waals surface area contributed by atoms with Crippen molar-refractivity contribution in [3.8, 4) is 0 Å². The van der Waals surface area contributed by atoms with Crippen molar-refractivity contribution in [2.24, 2.45) is 17.3 Å². The molecule has 1 aliphatic carbocycles. The third-order valence-corrected chi connectivity index (χ3v) is 4.49. The highest BCUT2D eigenvalue weighted by Gasteiger charge is 2.37. The molecule has 1 aliphatic rings. The maximum Gasteiger partial charge on any atom is 0.0254 e. The van der Waals surface area contributed by atoms with Gasteiger partial charge in [0.1, 0.15) is 0 Å². The van der Waals surface area contributed by atoms with E-state index in [-0.39, 0.29) is 0 Å². The van der Waals surface area contributed by atoms with Crippen molar-refractivity contribution in [1.82, 2.24) is 10.2 Å². The Balaban J connectivity index is 2.84. The van der Waals surface area contributed by atoms with E-state index >= 15 is 0 Å². The largest absolute Gasteiger partial charge is 0.313 e. The van der Waals surface area contributed by atoms with Crippen molar-refractivity contribution >= 4 is 0 Å². The fraction of sp³-hybridized carbons (Fsp3) is 1.00. The maximum atomic E-state index is 3.76. The first-order valence-corrected chi connectivity index (χ1v) is 8.72. The van der Waals surface area contributed by atoms with Crippen LogP contribution >= 0.6 is 0 Å². The van der Waals surface area contributed by atoms with Gasteiger partial charge in [0.15, 0.2) is 0 Å². The second kappa shape index (κ2) is 7.79. The minimum Gasteiger partial charge on any atom is -0.313 e. The number of nitrogens with zero attached hydrogens (tertiary/aromatic N) is 1. The number of hydrogen-bond acceptors (Lipinski definition) is 2. The van der Waals surface area contributed by atoms with Crippen molar-refractivity contribution in [1.29, 1.82) is 0 Å². The first-order chi connectivity index (χ1) is 9.25. The molecule has 1 rings (SSSR count). The molecule has 0 amide bonds. The molecule has 0 bridgehead atoms. The lowest BCUT2D eigenvalue weighted by molar-refractivity contribution is 0.0499. The Morgan fingerprint density at radius 1 is 1.10 bits per heavy atom. The highest BCUT2D eigenvalue weighted by atomic mass is 15.2. The van der Waals surface area contributed by atoms with Gasteiger partial charge in [-0.3, -0.25) is 4.90 Å². The number of rotatable bonds is 7. The standard InChI is InChI=1S/C18H38N2/c1-8-19-16-9-10-18(6,7)11-17(16)20(12-14(2)3)13-15(4)5/h14-17,19H,8-13H2,1-7H3. The van der Waals surface area contributed by atoms with Crippen LogP contribution in [0.5, 0.6) is 0 Å². The molecule has 120 valence electrons. The van der Waals surface area contributed by atoms with Crippen LogP contribution in [0.1, 0.15) is 67.7 Å². The highest BCUT2D eigenvalue weighted by molar-refractivity contribution is 4.94. The van der Waals surface area contributed by atoms with Crippen LogP contribution in [0, 0.1) is 17.3 Å². The molecule has 0 heterocycles. The smallest absolute Gasteiger partial charge is 0.0254 e. The Morgan fingerprint density at radius 3 is 2.10 bits per heavy atom. The van der Waals surface area contributed by atoms with E-state index in [1.54, 1.807) is 0 Å². The molecule has 1 N–H and O–H groups in total. The first-order valence-electron chi connectivity index (χ1n) is 8.72. The van der Waals surface area contributed by atoms with Crippen molar-refractivity contribution in [2.75, 3.05) is 19.6 Å². The van der Waals surface area contributed by atoms with Gasteiger partial charge in [0.2, 0.25) is 0 Å². The first kappa shape index (κ1) is 18.0. The molecular weight excluding hydrogens is 244 g/mol. The van der Waals surface area contributed by atoms with E-state index in [4.69, 9.17) is 0 Å². The summed E-state index contributed by atoms with van der Waals surface area (Å²) in [4.78, 5) is 2.78. The quantitative estimate of drug-likeness (QED) is 0.754. The molecule has 1 saturated carbocycles. The summed E-state index contributed by atoms with van der Waals surface area (Å²) in [6.07, 6.45) is 4.03. The minimum absolute atomic E-state index is 0.503. The molecule has 20 heavy (non-hydrogen) atoms. The van der Waals surface area contributed by atoms with Gasteiger partial charge >= 0.3 is 0 Å². The summed E-state index contributed by atoms with van der Waals surface area (Å²) in [6, 6.07) is 1.40. The Bertz CT molecular complexity index is 261. The fourth-order valence-corrected chi connectivity index (χ4v) is 3.72. The summed E-state index contributed by atoms with van der Waals surface area (Å²) in [5, 5.41) is 3.76. The average molecular weight is 283 g/mol. The lowest BCUT2D eigenvalue weighted by Gasteiger charge is -2.47. The zero-order chi connectivity index (χ0) is 15.3. The molecule has 0 aromatic rings.